The summed E-state index contributed by atoms with van der Waals surface area (Å²) in [6, 6.07) is 14.9. The number of ether oxygens (including phenoxy) is 1. The molecule has 31 heavy (non-hydrogen) atoms. The van der Waals surface area contributed by atoms with Crippen LogP contribution in [0.4, 0.5) is 0 Å². The van der Waals surface area contributed by atoms with Crippen molar-refractivity contribution in [2.45, 2.75) is 25.3 Å². The molecule has 1 aromatic carbocycles. The highest BCUT2D eigenvalue weighted by atomic mass is 16.5. The monoisotopic (exact) mass is 419 g/mol. The number of H-pyrrole nitrogens is 1. The maximum absolute atomic E-state index is 12.6. The summed E-state index contributed by atoms with van der Waals surface area (Å²) in [5.74, 6) is 0.674. The first-order valence-corrected chi connectivity index (χ1v) is 10.3. The lowest BCUT2D eigenvalue weighted by molar-refractivity contribution is -0.129. The van der Waals surface area contributed by atoms with Crippen molar-refractivity contribution in [3.63, 3.8) is 0 Å². The Morgan fingerprint density at radius 3 is 2.87 bits per heavy atom. The van der Waals surface area contributed by atoms with Gasteiger partial charge in [0, 0.05) is 48.7 Å². The summed E-state index contributed by atoms with van der Waals surface area (Å²) in [7, 11) is 1.60. The standard InChI is InChI=1S/C23H25N5O3/c1-31-21-8-3-2-6-16(21)14-25-23(30)20-13-19(26-27-20)17-9-11-28(15-17)22(29)12-18-7-4-5-10-24-18/h2-8,10,13,17H,9,11-12,14-15H2,1H3,(H,25,30)(H,26,27). The highest BCUT2D eigenvalue weighted by molar-refractivity contribution is 5.92. The van der Waals surface area contributed by atoms with Gasteiger partial charge in [-0.3, -0.25) is 19.7 Å². The molecule has 3 aromatic rings. The molecule has 4 rings (SSSR count). The van der Waals surface area contributed by atoms with Crippen LogP contribution in [0.1, 0.15) is 39.8 Å². The number of hydrogen-bond donors (Lipinski definition) is 2. The smallest absolute Gasteiger partial charge is 0.272 e. The fraction of sp³-hybridized carbons (Fsp3) is 0.304. The number of pyridine rings is 1. The SMILES string of the molecule is COc1ccccc1CNC(=O)c1cc(C2CCN(C(=O)Cc3ccccn3)C2)[nH]n1. The van der Waals surface area contributed by atoms with Crippen molar-refractivity contribution in [2.75, 3.05) is 20.2 Å². The van der Waals surface area contributed by atoms with Gasteiger partial charge in [0.2, 0.25) is 5.91 Å². The number of aromatic amines is 1. The van der Waals surface area contributed by atoms with Crippen molar-refractivity contribution in [2.24, 2.45) is 0 Å². The number of aromatic nitrogens is 3. The molecule has 0 spiro atoms. The third-order valence-corrected chi connectivity index (χ3v) is 5.50. The Morgan fingerprint density at radius 2 is 2.06 bits per heavy atom. The molecular formula is C23H25N5O3. The van der Waals surface area contributed by atoms with Crippen LogP contribution >= 0.6 is 0 Å². The normalized spacial score (nSPS) is 15.6. The average molecular weight is 419 g/mol. The Hall–Kier alpha value is -3.68. The molecule has 2 N–H and O–H groups in total. The van der Waals surface area contributed by atoms with Crippen molar-refractivity contribution in [1.29, 1.82) is 0 Å². The van der Waals surface area contributed by atoms with Crippen molar-refractivity contribution >= 4 is 11.8 Å². The van der Waals surface area contributed by atoms with Gasteiger partial charge in [0.25, 0.3) is 5.91 Å². The van der Waals surface area contributed by atoms with Crippen LogP contribution < -0.4 is 10.1 Å². The molecule has 1 fully saturated rings. The van der Waals surface area contributed by atoms with E-state index in [1.807, 2.05) is 47.4 Å². The summed E-state index contributed by atoms with van der Waals surface area (Å²) in [6.45, 7) is 1.64. The minimum Gasteiger partial charge on any atom is -0.496 e. The van der Waals surface area contributed by atoms with Gasteiger partial charge >= 0.3 is 0 Å². The summed E-state index contributed by atoms with van der Waals surface area (Å²) in [4.78, 5) is 31.2. The average Bonchev–Trinajstić information content (AvgIpc) is 3.48. The van der Waals surface area contributed by atoms with Crippen molar-refractivity contribution in [1.82, 2.24) is 25.4 Å². The second kappa shape index (κ2) is 9.42. The summed E-state index contributed by atoms with van der Waals surface area (Å²) in [5, 5.41) is 10.0. The third-order valence-electron chi connectivity index (χ3n) is 5.50. The van der Waals surface area contributed by atoms with Gasteiger partial charge in [-0.05, 0) is 30.7 Å². The Balaban J connectivity index is 1.32. The van der Waals surface area contributed by atoms with E-state index in [-0.39, 0.29) is 17.7 Å². The number of nitrogens with one attached hydrogen (secondary N) is 2. The van der Waals surface area contributed by atoms with E-state index in [0.29, 0.717) is 31.7 Å². The predicted octanol–water partition coefficient (Wildman–Crippen LogP) is 2.30. The molecule has 0 saturated carbocycles. The summed E-state index contributed by atoms with van der Waals surface area (Å²) in [5.41, 5.74) is 2.87. The van der Waals surface area contributed by atoms with Crippen LogP contribution in [0, 0.1) is 0 Å². The zero-order chi connectivity index (χ0) is 21.6. The molecule has 0 radical (unpaired) electrons. The van der Waals surface area contributed by atoms with Gasteiger partial charge in [-0.2, -0.15) is 5.10 Å². The molecule has 160 valence electrons. The summed E-state index contributed by atoms with van der Waals surface area (Å²) < 4.78 is 5.31. The van der Waals surface area contributed by atoms with Crippen molar-refractivity contribution in [3.05, 3.63) is 77.4 Å². The number of methoxy groups -OCH3 is 1. The first-order chi connectivity index (χ1) is 15.1. The van der Waals surface area contributed by atoms with E-state index < -0.39 is 0 Å². The topological polar surface area (TPSA) is 100 Å². The lowest BCUT2D eigenvalue weighted by Gasteiger charge is -2.16. The molecule has 3 heterocycles. The van der Waals surface area contributed by atoms with Gasteiger partial charge < -0.3 is 15.0 Å². The minimum atomic E-state index is -0.255. The molecule has 8 nitrogen and oxygen atoms in total. The Labute approximate surface area is 180 Å². The number of hydrogen-bond acceptors (Lipinski definition) is 5. The second-order valence-corrected chi connectivity index (χ2v) is 7.53. The minimum absolute atomic E-state index is 0.0653. The van der Waals surface area contributed by atoms with Gasteiger partial charge in [-0.25, -0.2) is 0 Å². The maximum atomic E-state index is 12.6. The largest absolute Gasteiger partial charge is 0.496 e. The Morgan fingerprint density at radius 1 is 1.23 bits per heavy atom. The van der Waals surface area contributed by atoms with Crippen LogP contribution in [0.15, 0.2) is 54.7 Å². The molecule has 8 heteroatoms. The number of nitrogens with zero attached hydrogens (tertiary/aromatic N) is 3. The molecule has 2 aromatic heterocycles. The van der Waals surface area contributed by atoms with E-state index in [0.717, 1.165) is 29.1 Å². The number of rotatable bonds is 7. The number of amides is 2. The summed E-state index contributed by atoms with van der Waals surface area (Å²) >= 11 is 0. The summed E-state index contributed by atoms with van der Waals surface area (Å²) in [6.07, 6.45) is 2.83. The molecule has 0 bridgehead atoms. The lowest BCUT2D eigenvalue weighted by atomic mass is 10.0. The number of carbonyl (C=O) groups is 2. The van der Waals surface area contributed by atoms with E-state index in [9.17, 15) is 9.59 Å². The van der Waals surface area contributed by atoms with Crippen LogP contribution in [0.25, 0.3) is 0 Å². The van der Waals surface area contributed by atoms with Gasteiger partial charge in [-0.15, -0.1) is 0 Å². The maximum Gasteiger partial charge on any atom is 0.272 e. The van der Waals surface area contributed by atoms with Crippen LogP contribution in [-0.4, -0.2) is 52.1 Å². The first-order valence-electron chi connectivity index (χ1n) is 10.3. The number of carbonyl (C=O) groups excluding carboxylic acids is 2. The fourth-order valence-corrected chi connectivity index (χ4v) is 3.79. The molecule has 0 aliphatic carbocycles. The van der Waals surface area contributed by atoms with Crippen LogP contribution in [0.2, 0.25) is 0 Å². The molecule has 1 aliphatic heterocycles. The molecule has 1 unspecified atom stereocenters. The van der Waals surface area contributed by atoms with Gasteiger partial charge in [-0.1, -0.05) is 24.3 Å². The van der Waals surface area contributed by atoms with Crippen LogP contribution in [0.3, 0.4) is 0 Å². The van der Waals surface area contributed by atoms with E-state index in [1.165, 1.54) is 0 Å². The predicted molar refractivity (Wildman–Crippen MR) is 115 cm³/mol. The van der Waals surface area contributed by atoms with E-state index in [2.05, 4.69) is 20.5 Å². The van der Waals surface area contributed by atoms with Gasteiger partial charge in [0.05, 0.1) is 13.5 Å². The molecule has 1 atom stereocenters. The Bertz CT molecular complexity index is 1050. The molecule has 1 aliphatic rings. The quantitative estimate of drug-likeness (QED) is 0.612. The molecule has 2 amide bonds. The zero-order valence-electron chi connectivity index (χ0n) is 17.4. The first kappa shape index (κ1) is 20.6. The van der Waals surface area contributed by atoms with Crippen molar-refractivity contribution in [3.8, 4) is 5.75 Å². The van der Waals surface area contributed by atoms with Crippen molar-refractivity contribution < 1.29 is 14.3 Å². The lowest BCUT2D eigenvalue weighted by Crippen LogP contribution is -2.30. The number of benzene rings is 1. The zero-order valence-corrected chi connectivity index (χ0v) is 17.4. The highest BCUT2D eigenvalue weighted by Gasteiger charge is 2.29. The number of likely N-dealkylation sites (tertiary alicyclic amines) is 1. The van der Waals surface area contributed by atoms with E-state index >= 15 is 0 Å². The van der Waals surface area contributed by atoms with Crippen LogP contribution in [0.5, 0.6) is 5.75 Å². The van der Waals surface area contributed by atoms with E-state index in [4.69, 9.17) is 4.74 Å². The Kier molecular flexibility index (Phi) is 6.26. The van der Waals surface area contributed by atoms with Gasteiger partial charge in [0.1, 0.15) is 11.4 Å². The fourth-order valence-electron chi connectivity index (χ4n) is 3.79. The highest BCUT2D eigenvalue weighted by Crippen LogP contribution is 2.26. The van der Waals surface area contributed by atoms with Gasteiger partial charge in [0.15, 0.2) is 0 Å². The molecule has 1 saturated heterocycles. The second-order valence-electron chi connectivity index (χ2n) is 7.53. The molecular weight excluding hydrogens is 394 g/mol. The third kappa shape index (κ3) is 4.91. The number of para-hydroxylation sites is 1. The van der Waals surface area contributed by atoms with Crippen LogP contribution in [-0.2, 0) is 17.8 Å². The van der Waals surface area contributed by atoms with E-state index in [1.54, 1.807) is 19.4 Å².